The molecule has 0 unspecified atom stereocenters. The van der Waals surface area contributed by atoms with E-state index in [4.69, 9.17) is 0 Å². The minimum absolute atomic E-state index is 0.562. The quantitative estimate of drug-likeness (QED) is 0.837. The molecule has 1 saturated heterocycles. The van der Waals surface area contributed by atoms with Crippen molar-refractivity contribution in [3.8, 4) is 0 Å². The number of nitrogens with zero attached hydrogens (tertiary/aromatic N) is 3. The van der Waals surface area contributed by atoms with Crippen molar-refractivity contribution in [1.29, 1.82) is 0 Å². The van der Waals surface area contributed by atoms with Crippen molar-refractivity contribution in [2.24, 2.45) is 0 Å². The third kappa shape index (κ3) is 4.21. The Kier molecular flexibility index (Phi) is 5.00. The first-order valence-electron chi connectivity index (χ1n) is 9.58. The van der Waals surface area contributed by atoms with E-state index >= 15 is 0 Å². The van der Waals surface area contributed by atoms with Gasteiger partial charge in [0, 0.05) is 36.7 Å². The Hall–Kier alpha value is -2.30. The summed E-state index contributed by atoms with van der Waals surface area (Å²) in [5.74, 6) is 1.56. The molecule has 2 fully saturated rings. The molecule has 0 amide bonds. The van der Waals surface area contributed by atoms with Gasteiger partial charge in [-0.3, -0.25) is 0 Å². The molecule has 0 radical (unpaired) electrons. The molecule has 132 valence electrons. The number of nitrogens with one attached hydrogen (secondary N) is 2. The van der Waals surface area contributed by atoms with Gasteiger partial charge in [0.1, 0.15) is 5.82 Å². The highest BCUT2D eigenvalue weighted by Gasteiger charge is 2.15. The molecule has 1 aliphatic heterocycles. The Morgan fingerprint density at radius 2 is 1.64 bits per heavy atom. The number of aromatic nitrogens is 2. The van der Waals surface area contributed by atoms with Crippen LogP contribution in [0, 0.1) is 0 Å². The molecule has 4 rings (SSSR count). The fourth-order valence-electron chi connectivity index (χ4n) is 3.82. The van der Waals surface area contributed by atoms with Crippen LogP contribution in [0.15, 0.2) is 36.5 Å². The third-order valence-electron chi connectivity index (χ3n) is 5.21. The largest absolute Gasteiger partial charge is 0.372 e. The number of hydrogen-bond acceptors (Lipinski definition) is 5. The fourth-order valence-corrected chi connectivity index (χ4v) is 3.82. The second kappa shape index (κ2) is 7.72. The summed E-state index contributed by atoms with van der Waals surface area (Å²) in [6.07, 6.45) is 10.9. The minimum Gasteiger partial charge on any atom is -0.372 e. The highest BCUT2D eigenvalue weighted by atomic mass is 15.2. The van der Waals surface area contributed by atoms with Crippen LogP contribution in [-0.4, -0.2) is 29.1 Å². The first-order valence-corrected chi connectivity index (χ1v) is 9.58. The molecular formula is C20H27N5. The SMILES string of the molecule is c1cc(NC2CCCC2)nc(Nc2ccc(N3CCCCC3)cc2)n1. The summed E-state index contributed by atoms with van der Waals surface area (Å²) >= 11 is 0. The molecule has 1 aromatic carbocycles. The molecule has 2 aromatic rings. The molecule has 5 heteroatoms. The molecule has 1 aliphatic carbocycles. The molecular weight excluding hydrogens is 310 g/mol. The van der Waals surface area contributed by atoms with E-state index in [-0.39, 0.29) is 0 Å². The predicted molar refractivity (Wildman–Crippen MR) is 104 cm³/mol. The Labute approximate surface area is 149 Å². The van der Waals surface area contributed by atoms with Crippen LogP contribution in [0.4, 0.5) is 23.1 Å². The Morgan fingerprint density at radius 3 is 2.40 bits per heavy atom. The van der Waals surface area contributed by atoms with Crippen molar-refractivity contribution in [3.05, 3.63) is 36.5 Å². The summed E-state index contributed by atoms with van der Waals surface area (Å²) < 4.78 is 0. The number of benzene rings is 1. The second-order valence-corrected chi connectivity index (χ2v) is 7.11. The van der Waals surface area contributed by atoms with E-state index in [0.29, 0.717) is 12.0 Å². The summed E-state index contributed by atoms with van der Waals surface area (Å²) in [5.41, 5.74) is 2.33. The molecule has 0 spiro atoms. The van der Waals surface area contributed by atoms with Crippen LogP contribution < -0.4 is 15.5 Å². The van der Waals surface area contributed by atoms with Gasteiger partial charge in [-0.15, -0.1) is 0 Å². The average molecular weight is 337 g/mol. The van der Waals surface area contributed by atoms with Crippen molar-refractivity contribution >= 4 is 23.1 Å². The molecule has 1 saturated carbocycles. The van der Waals surface area contributed by atoms with Crippen LogP contribution in [0.5, 0.6) is 0 Å². The van der Waals surface area contributed by atoms with E-state index in [1.807, 2.05) is 12.3 Å². The standard InChI is InChI=1S/C20H27N5/c1-4-14-25(15-5-1)18-10-8-17(9-11-18)23-20-21-13-12-19(24-20)22-16-6-2-3-7-16/h8-13,16H,1-7,14-15H2,(H2,21,22,23,24). The van der Waals surface area contributed by atoms with Gasteiger partial charge < -0.3 is 15.5 Å². The zero-order valence-electron chi connectivity index (χ0n) is 14.7. The number of rotatable bonds is 5. The highest BCUT2D eigenvalue weighted by molar-refractivity contribution is 5.60. The van der Waals surface area contributed by atoms with Crippen molar-refractivity contribution in [1.82, 2.24) is 9.97 Å². The van der Waals surface area contributed by atoms with E-state index in [1.54, 1.807) is 0 Å². The normalized spacial score (nSPS) is 18.3. The number of anilines is 4. The molecule has 0 bridgehead atoms. The van der Waals surface area contributed by atoms with Crippen LogP contribution in [0.2, 0.25) is 0 Å². The lowest BCUT2D eigenvalue weighted by atomic mass is 10.1. The first kappa shape index (κ1) is 16.2. The van der Waals surface area contributed by atoms with Gasteiger partial charge in [0.15, 0.2) is 0 Å². The van der Waals surface area contributed by atoms with E-state index in [9.17, 15) is 0 Å². The maximum Gasteiger partial charge on any atom is 0.229 e. The predicted octanol–water partition coefficient (Wildman–Crippen LogP) is 4.57. The molecule has 0 atom stereocenters. The second-order valence-electron chi connectivity index (χ2n) is 7.11. The van der Waals surface area contributed by atoms with Crippen LogP contribution in [0.25, 0.3) is 0 Å². The molecule has 2 heterocycles. The minimum atomic E-state index is 0.562. The van der Waals surface area contributed by atoms with Gasteiger partial charge in [-0.05, 0) is 62.4 Å². The van der Waals surface area contributed by atoms with Crippen LogP contribution in [-0.2, 0) is 0 Å². The summed E-state index contributed by atoms with van der Waals surface area (Å²) in [6.45, 7) is 2.34. The van der Waals surface area contributed by atoms with E-state index in [0.717, 1.165) is 11.5 Å². The lowest BCUT2D eigenvalue weighted by Gasteiger charge is -2.28. The zero-order valence-corrected chi connectivity index (χ0v) is 14.7. The third-order valence-corrected chi connectivity index (χ3v) is 5.21. The van der Waals surface area contributed by atoms with Crippen LogP contribution >= 0.6 is 0 Å². The monoisotopic (exact) mass is 337 g/mol. The van der Waals surface area contributed by atoms with Gasteiger partial charge in [0.2, 0.25) is 5.95 Å². The van der Waals surface area contributed by atoms with Crippen molar-refractivity contribution in [2.75, 3.05) is 28.6 Å². The summed E-state index contributed by atoms with van der Waals surface area (Å²) in [4.78, 5) is 11.4. The first-order chi connectivity index (χ1) is 12.4. The van der Waals surface area contributed by atoms with Crippen molar-refractivity contribution in [3.63, 3.8) is 0 Å². The average Bonchev–Trinajstić information content (AvgIpc) is 3.16. The fraction of sp³-hybridized carbons (Fsp3) is 0.500. The van der Waals surface area contributed by atoms with Gasteiger partial charge >= 0.3 is 0 Å². The number of piperidine rings is 1. The maximum absolute atomic E-state index is 4.60. The van der Waals surface area contributed by atoms with Gasteiger partial charge in [-0.1, -0.05) is 12.8 Å². The van der Waals surface area contributed by atoms with E-state index in [1.165, 1.54) is 63.7 Å². The van der Waals surface area contributed by atoms with Gasteiger partial charge in [-0.25, -0.2) is 4.98 Å². The lowest BCUT2D eigenvalue weighted by Crippen LogP contribution is -2.29. The van der Waals surface area contributed by atoms with Gasteiger partial charge in [-0.2, -0.15) is 4.98 Å². The Balaban J connectivity index is 1.39. The lowest BCUT2D eigenvalue weighted by molar-refractivity contribution is 0.578. The van der Waals surface area contributed by atoms with Crippen molar-refractivity contribution in [2.45, 2.75) is 51.0 Å². The maximum atomic E-state index is 4.60. The molecule has 25 heavy (non-hydrogen) atoms. The van der Waals surface area contributed by atoms with E-state index < -0.39 is 0 Å². The molecule has 5 nitrogen and oxygen atoms in total. The highest BCUT2D eigenvalue weighted by Crippen LogP contribution is 2.24. The van der Waals surface area contributed by atoms with Crippen molar-refractivity contribution < 1.29 is 0 Å². The van der Waals surface area contributed by atoms with E-state index in [2.05, 4.69) is 49.8 Å². The van der Waals surface area contributed by atoms with Crippen LogP contribution in [0.3, 0.4) is 0 Å². The van der Waals surface area contributed by atoms with Gasteiger partial charge in [0.25, 0.3) is 0 Å². The molecule has 1 aromatic heterocycles. The Morgan fingerprint density at radius 1 is 0.880 bits per heavy atom. The molecule has 2 N–H and O–H groups in total. The van der Waals surface area contributed by atoms with Crippen LogP contribution in [0.1, 0.15) is 44.9 Å². The Bertz CT molecular complexity index is 673. The summed E-state index contributed by atoms with van der Waals surface area (Å²) in [7, 11) is 0. The topological polar surface area (TPSA) is 53.1 Å². The van der Waals surface area contributed by atoms with Gasteiger partial charge in [0.05, 0.1) is 0 Å². The molecule has 2 aliphatic rings. The zero-order chi connectivity index (χ0) is 16.9. The smallest absolute Gasteiger partial charge is 0.229 e. The summed E-state index contributed by atoms with van der Waals surface area (Å²) in [5, 5.41) is 6.84. The number of hydrogen-bond donors (Lipinski definition) is 2. The summed E-state index contributed by atoms with van der Waals surface area (Å²) in [6, 6.07) is 11.1.